The maximum absolute atomic E-state index is 11.9. The van der Waals surface area contributed by atoms with Gasteiger partial charge < -0.3 is 10.4 Å². The molecule has 0 heterocycles. The molecule has 0 radical (unpaired) electrons. The Morgan fingerprint density at radius 1 is 1.35 bits per heavy atom. The van der Waals surface area contributed by atoms with Gasteiger partial charge in [0.25, 0.3) is 0 Å². The van der Waals surface area contributed by atoms with Crippen LogP contribution in [0, 0.1) is 5.92 Å². The van der Waals surface area contributed by atoms with Crippen LogP contribution in [0.4, 0.5) is 0 Å². The molecule has 20 heavy (non-hydrogen) atoms. The first kappa shape index (κ1) is 14.9. The lowest BCUT2D eigenvalue weighted by Gasteiger charge is -2.04. The molecular formula is C15H18ClNO3. The summed E-state index contributed by atoms with van der Waals surface area (Å²) in [5.74, 6) is -0.425. The van der Waals surface area contributed by atoms with E-state index >= 15 is 0 Å². The van der Waals surface area contributed by atoms with Gasteiger partial charge in [0, 0.05) is 23.9 Å². The van der Waals surface area contributed by atoms with Gasteiger partial charge in [-0.1, -0.05) is 23.7 Å². The van der Waals surface area contributed by atoms with E-state index in [4.69, 9.17) is 16.7 Å². The van der Waals surface area contributed by atoms with E-state index in [1.165, 1.54) is 0 Å². The minimum absolute atomic E-state index is 0.0351. The number of amides is 1. The van der Waals surface area contributed by atoms with E-state index in [1.54, 1.807) is 0 Å². The SMILES string of the molecule is O=C(O)CCCCNC(=O)[C@@H]1C[C@@H]1c1cccc(Cl)c1. The van der Waals surface area contributed by atoms with Crippen LogP contribution in [0.5, 0.6) is 0 Å². The van der Waals surface area contributed by atoms with Crippen molar-refractivity contribution < 1.29 is 14.7 Å². The summed E-state index contributed by atoms with van der Waals surface area (Å²) in [7, 11) is 0. The van der Waals surface area contributed by atoms with Crippen molar-refractivity contribution in [2.75, 3.05) is 6.54 Å². The Morgan fingerprint density at radius 3 is 2.85 bits per heavy atom. The van der Waals surface area contributed by atoms with Gasteiger partial charge >= 0.3 is 5.97 Å². The van der Waals surface area contributed by atoms with Crippen molar-refractivity contribution in [3.63, 3.8) is 0 Å². The molecule has 2 rings (SSSR count). The van der Waals surface area contributed by atoms with Crippen LogP contribution in [0.1, 0.15) is 37.2 Å². The second kappa shape index (κ2) is 6.75. The van der Waals surface area contributed by atoms with E-state index in [0.29, 0.717) is 24.4 Å². The van der Waals surface area contributed by atoms with Crippen LogP contribution in [0.3, 0.4) is 0 Å². The molecule has 1 aliphatic carbocycles. The summed E-state index contributed by atoms with van der Waals surface area (Å²) in [6, 6.07) is 7.63. The zero-order valence-corrected chi connectivity index (χ0v) is 11.9. The molecule has 0 spiro atoms. The zero-order valence-electron chi connectivity index (χ0n) is 11.1. The lowest BCUT2D eigenvalue weighted by Crippen LogP contribution is -2.26. The molecule has 1 amide bonds. The summed E-state index contributed by atoms with van der Waals surface area (Å²) in [6.07, 6.45) is 2.32. The number of carboxylic acids is 1. The van der Waals surface area contributed by atoms with Crippen LogP contribution in [-0.2, 0) is 9.59 Å². The molecule has 108 valence electrons. The van der Waals surface area contributed by atoms with Gasteiger partial charge in [-0.25, -0.2) is 0 Å². The fraction of sp³-hybridized carbons (Fsp3) is 0.467. The number of aliphatic carboxylic acids is 1. The van der Waals surface area contributed by atoms with E-state index < -0.39 is 5.97 Å². The Kier molecular flexibility index (Phi) is 5.01. The number of benzene rings is 1. The normalized spacial score (nSPS) is 20.4. The number of rotatable bonds is 7. The zero-order chi connectivity index (χ0) is 14.5. The van der Waals surface area contributed by atoms with Crippen LogP contribution >= 0.6 is 11.6 Å². The lowest BCUT2D eigenvalue weighted by molar-refractivity contribution is -0.137. The van der Waals surface area contributed by atoms with Gasteiger partial charge in [0.05, 0.1) is 0 Å². The van der Waals surface area contributed by atoms with Crippen LogP contribution in [0.15, 0.2) is 24.3 Å². The van der Waals surface area contributed by atoms with Crippen molar-refractivity contribution in [1.29, 1.82) is 0 Å². The number of carbonyl (C=O) groups is 2. The van der Waals surface area contributed by atoms with Crippen LogP contribution in [-0.4, -0.2) is 23.5 Å². The largest absolute Gasteiger partial charge is 0.481 e. The third-order valence-electron chi connectivity index (χ3n) is 3.52. The third kappa shape index (κ3) is 4.23. The number of nitrogens with one attached hydrogen (secondary N) is 1. The molecule has 0 aromatic heterocycles. The van der Waals surface area contributed by atoms with Gasteiger partial charge in [-0.05, 0) is 42.9 Å². The molecule has 1 fully saturated rings. The molecule has 1 aliphatic rings. The molecule has 4 nitrogen and oxygen atoms in total. The highest BCUT2D eigenvalue weighted by Gasteiger charge is 2.43. The minimum Gasteiger partial charge on any atom is -0.481 e. The van der Waals surface area contributed by atoms with Crippen molar-refractivity contribution >= 4 is 23.5 Å². The average Bonchev–Trinajstić information content (AvgIpc) is 3.18. The average molecular weight is 296 g/mol. The van der Waals surface area contributed by atoms with Crippen molar-refractivity contribution in [2.24, 2.45) is 5.92 Å². The van der Waals surface area contributed by atoms with Gasteiger partial charge in [0.15, 0.2) is 0 Å². The number of hydrogen-bond acceptors (Lipinski definition) is 2. The van der Waals surface area contributed by atoms with Crippen molar-refractivity contribution in [2.45, 2.75) is 31.6 Å². The summed E-state index contributed by atoms with van der Waals surface area (Å²) in [4.78, 5) is 22.3. The van der Waals surface area contributed by atoms with Crippen LogP contribution < -0.4 is 5.32 Å². The molecular weight excluding hydrogens is 278 g/mol. The molecule has 1 saturated carbocycles. The Hall–Kier alpha value is -1.55. The Balaban J connectivity index is 1.69. The van der Waals surface area contributed by atoms with Gasteiger partial charge in [-0.2, -0.15) is 0 Å². The fourth-order valence-electron chi connectivity index (χ4n) is 2.33. The standard InChI is InChI=1S/C15H18ClNO3/c16-11-5-3-4-10(8-11)12-9-13(12)15(20)17-7-2-1-6-14(18)19/h3-5,8,12-13H,1-2,6-7,9H2,(H,17,20)(H,18,19)/t12-,13-/m1/s1. The first-order chi connectivity index (χ1) is 9.58. The summed E-state index contributed by atoms with van der Waals surface area (Å²) < 4.78 is 0. The molecule has 2 N–H and O–H groups in total. The highest BCUT2D eigenvalue weighted by atomic mass is 35.5. The number of halogens is 1. The molecule has 1 aromatic carbocycles. The molecule has 1 aromatic rings. The maximum Gasteiger partial charge on any atom is 0.303 e. The van der Waals surface area contributed by atoms with Gasteiger partial charge in [0.2, 0.25) is 5.91 Å². The van der Waals surface area contributed by atoms with E-state index in [2.05, 4.69) is 5.32 Å². The molecule has 5 heteroatoms. The quantitative estimate of drug-likeness (QED) is 0.760. The van der Waals surface area contributed by atoms with Gasteiger partial charge in [0.1, 0.15) is 0 Å². The Labute approximate surface area is 123 Å². The second-order valence-corrected chi connectivity index (χ2v) is 5.58. The lowest BCUT2D eigenvalue weighted by atomic mass is 10.1. The Morgan fingerprint density at radius 2 is 2.15 bits per heavy atom. The number of carboxylic acid groups (broad SMARTS) is 1. The molecule has 2 atom stereocenters. The fourth-order valence-corrected chi connectivity index (χ4v) is 2.53. The number of hydrogen-bond donors (Lipinski definition) is 2. The van der Waals surface area contributed by atoms with Crippen molar-refractivity contribution in [3.8, 4) is 0 Å². The van der Waals surface area contributed by atoms with Gasteiger partial charge in [-0.15, -0.1) is 0 Å². The number of unbranched alkanes of at least 4 members (excludes halogenated alkanes) is 1. The van der Waals surface area contributed by atoms with E-state index in [-0.39, 0.29) is 24.2 Å². The topological polar surface area (TPSA) is 66.4 Å². The second-order valence-electron chi connectivity index (χ2n) is 5.15. The van der Waals surface area contributed by atoms with Crippen molar-refractivity contribution in [3.05, 3.63) is 34.9 Å². The monoisotopic (exact) mass is 295 g/mol. The molecule has 0 unspecified atom stereocenters. The van der Waals surface area contributed by atoms with E-state index in [1.807, 2.05) is 24.3 Å². The predicted octanol–water partition coefficient (Wildman–Crippen LogP) is 2.81. The van der Waals surface area contributed by atoms with E-state index in [9.17, 15) is 9.59 Å². The summed E-state index contributed by atoms with van der Waals surface area (Å²) in [5.41, 5.74) is 1.11. The molecule has 0 bridgehead atoms. The van der Waals surface area contributed by atoms with Crippen LogP contribution in [0.25, 0.3) is 0 Å². The summed E-state index contributed by atoms with van der Waals surface area (Å²) in [5, 5.41) is 12.1. The van der Waals surface area contributed by atoms with Crippen molar-refractivity contribution in [1.82, 2.24) is 5.32 Å². The maximum atomic E-state index is 11.9. The summed E-state index contributed by atoms with van der Waals surface area (Å²) >= 11 is 5.94. The third-order valence-corrected chi connectivity index (χ3v) is 3.76. The first-order valence-corrected chi connectivity index (χ1v) is 7.20. The molecule has 0 aliphatic heterocycles. The Bertz CT molecular complexity index is 504. The van der Waals surface area contributed by atoms with Crippen LogP contribution in [0.2, 0.25) is 5.02 Å². The van der Waals surface area contributed by atoms with E-state index in [0.717, 1.165) is 12.0 Å². The summed E-state index contributed by atoms with van der Waals surface area (Å²) in [6.45, 7) is 0.547. The minimum atomic E-state index is -0.792. The predicted molar refractivity (Wildman–Crippen MR) is 76.8 cm³/mol. The smallest absolute Gasteiger partial charge is 0.303 e. The number of carbonyl (C=O) groups excluding carboxylic acids is 1. The highest BCUT2D eigenvalue weighted by molar-refractivity contribution is 6.30. The molecule has 0 saturated heterocycles. The first-order valence-electron chi connectivity index (χ1n) is 6.83. The van der Waals surface area contributed by atoms with Gasteiger partial charge in [-0.3, -0.25) is 9.59 Å². The highest BCUT2D eigenvalue weighted by Crippen LogP contribution is 2.47.